The molecule has 1 atom stereocenters. The number of rotatable bonds is 3. The number of urea groups is 1. The van der Waals surface area contributed by atoms with Crippen LogP contribution < -0.4 is 5.32 Å². The molecule has 1 saturated heterocycles. The third-order valence-electron chi connectivity index (χ3n) is 4.99. The maximum Gasteiger partial charge on any atom is 0.321 e. The lowest BCUT2D eigenvalue weighted by atomic mass is 10.1. The smallest absolute Gasteiger partial charge is 0.321 e. The Labute approximate surface area is 152 Å². The molecule has 6 heteroatoms. The third-order valence-corrected chi connectivity index (χ3v) is 4.99. The monoisotopic (exact) mass is 349 g/mol. The van der Waals surface area contributed by atoms with Crippen molar-refractivity contribution in [1.82, 2.24) is 19.4 Å². The maximum atomic E-state index is 12.6. The molecule has 1 aromatic carbocycles. The van der Waals surface area contributed by atoms with Gasteiger partial charge in [0.25, 0.3) is 0 Å². The summed E-state index contributed by atoms with van der Waals surface area (Å²) in [6.45, 7) is 6.39. The quantitative estimate of drug-likeness (QED) is 0.783. The summed E-state index contributed by atoms with van der Waals surface area (Å²) in [6.07, 6.45) is 2.72. The van der Waals surface area contributed by atoms with Gasteiger partial charge in [0.1, 0.15) is 11.3 Å². The summed E-state index contributed by atoms with van der Waals surface area (Å²) in [7, 11) is 0. The summed E-state index contributed by atoms with van der Waals surface area (Å²) in [4.78, 5) is 23.7. The second-order valence-electron chi connectivity index (χ2n) is 6.79. The van der Waals surface area contributed by atoms with Crippen molar-refractivity contribution in [2.45, 2.75) is 32.7 Å². The molecule has 0 spiro atoms. The predicted octanol–water partition coefficient (Wildman–Crippen LogP) is 3.78. The van der Waals surface area contributed by atoms with Gasteiger partial charge in [-0.15, -0.1) is 0 Å². The summed E-state index contributed by atoms with van der Waals surface area (Å²) < 4.78 is 2.17. The van der Waals surface area contributed by atoms with Crippen LogP contribution in [0.5, 0.6) is 0 Å². The summed E-state index contributed by atoms with van der Waals surface area (Å²) >= 11 is 0. The Morgan fingerprint density at radius 3 is 2.85 bits per heavy atom. The van der Waals surface area contributed by atoms with Crippen LogP contribution in [0.15, 0.2) is 42.6 Å². The lowest BCUT2D eigenvalue weighted by Gasteiger charge is -2.18. The van der Waals surface area contributed by atoms with Gasteiger partial charge in [0.05, 0.1) is 0 Å². The van der Waals surface area contributed by atoms with Gasteiger partial charge in [0.15, 0.2) is 5.65 Å². The summed E-state index contributed by atoms with van der Waals surface area (Å²) in [5.74, 6) is 1.28. The number of aryl methyl sites for hydroxylation is 2. The van der Waals surface area contributed by atoms with Crippen LogP contribution in [-0.4, -0.2) is 38.6 Å². The Morgan fingerprint density at radius 2 is 2.08 bits per heavy atom. The van der Waals surface area contributed by atoms with E-state index < -0.39 is 0 Å². The topological polar surface area (TPSA) is 63.1 Å². The number of anilines is 1. The second-order valence-corrected chi connectivity index (χ2v) is 6.79. The number of carbonyl (C=O) groups excluding carboxylic acids is 1. The largest absolute Gasteiger partial charge is 0.324 e. The maximum absolute atomic E-state index is 12.6. The highest BCUT2D eigenvalue weighted by atomic mass is 16.2. The van der Waals surface area contributed by atoms with Crippen LogP contribution in [0.2, 0.25) is 0 Å². The molecule has 134 valence electrons. The van der Waals surface area contributed by atoms with Crippen molar-refractivity contribution >= 4 is 22.9 Å². The van der Waals surface area contributed by atoms with Gasteiger partial charge in [-0.25, -0.2) is 14.8 Å². The average Bonchev–Trinajstić information content (AvgIpc) is 3.27. The molecule has 0 radical (unpaired) electrons. The molecule has 0 saturated carbocycles. The molecule has 2 amide bonds. The van der Waals surface area contributed by atoms with Crippen LogP contribution in [0.1, 0.15) is 30.7 Å². The summed E-state index contributed by atoms with van der Waals surface area (Å²) in [5, 5.41) is 2.99. The van der Waals surface area contributed by atoms with Crippen molar-refractivity contribution < 1.29 is 4.79 Å². The number of nitrogens with zero attached hydrogens (tertiary/aromatic N) is 4. The molecule has 0 aliphatic carbocycles. The fraction of sp³-hybridized carbons (Fsp3) is 0.350. The first-order valence-electron chi connectivity index (χ1n) is 9.09. The van der Waals surface area contributed by atoms with E-state index >= 15 is 0 Å². The van der Waals surface area contributed by atoms with Gasteiger partial charge < -0.3 is 14.8 Å². The number of aromatic nitrogens is 3. The van der Waals surface area contributed by atoms with Crippen molar-refractivity contribution in [2.75, 3.05) is 18.4 Å². The minimum Gasteiger partial charge on any atom is -0.324 e. The second kappa shape index (κ2) is 6.78. The molecule has 2 aromatic heterocycles. The van der Waals surface area contributed by atoms with Gasteiger partial charge in [-0.2, -0.15) is 0 Å². The van der Waals surface area contributed by atoms with E-state index in [4.69, 9.17) is 4.98 Å². The zero-order valence-electron chi connectivity index (χ0n) is 15.1. The molecule has 1 unspecified atom stereocenters. The normalized spacial score (nSPS) is 17.0. The van der Waals surface area contributed by atoms with E-state index in [1.165, 1.54) is 5.56 Å². The average molecular weight is 349 g/mol. The number of amides is 2. The Balaban J connectivity index is 1.50. The number of hydrogen-bond donors (Lipinski definition) is 1. The van der Waals surface area contributed by atoms with Crippen LogP contribution in [0.4, 0.5) is 10.5 Å². The van der Waals surface area contributed by atoms with Crippen molar-refractivity contribution in [3.63, 3.8) is 0 Å². The van der Waals surface area contributed by atoms with E-state index in [1.807, 2.05) is 48.2 Å². The zero-order chi connectivity index (χ0) is 18.1. The van der Waals surface area contributed by atoms with E-state index in [-0.39, 0.29) is 11.9 Å². The molecule has 0 bridgehead atoms. The highest BCUT2D eigenvalue weighted by Gasteiger charge is 2.31. The van der Waals surface area contributed by atoms with Gasteiger partial charge in [-0.05, 0) is 44.5 Å². The van der Waals surface area contributed by atoms with Gasteiger partial charge in [0.2, 0.25) is 0 Å². The zero-order valence-corrected chi connectivity index (χ0v) is 15.1. The van der Waals surface area contributed by atoms with Crippen molar-refractivity contribution in [3.05, 3.63) is 54.0 Å². The lowest BCUT2D eigenvalue weighted by molar-refractivity contribution is 0.222. The van der Waals surface area contributed by atoms with Crippen LogP contribution in [0, 0.1) is 6.92 Å². The Kier molecular flexibility index (Phi) is 4.32. The number of pyridine rings is 1. The highest BCUT2D eigenvalue weighted by Crippen LogP contribution is 2.29. The number of hydrogen-bond acceptors (Lipinski definition) is 3. The minimum absolute atomic E-state index is 0.0476. The molecule has 26 heavy (non-hydrogen) atoms. The summed E-state index contributed by atoms with van der Waals surface area (Å²) in [5.41, 5.74) is 3.85. The molecular weight excluding hydrogens is 326 g/mol. The number of benzene rings is 1. The number of fused-ring (bicyclic) bond motifs is 1. The standard InChI is InChI=1S/C20H23N5O/c1-3-25-18(23-17-5-4-11-21-19(17)25)15-10-12-24(13-15)20(26)22-16-8-6-14(2)7-9-16/h4-9,11,15H,3,10,12-13H2,1-2H3,(H,22,26). The molecule has 1 fully saturated rings. The summed E-state index contributed by atoms with van der Waals surface area (Å²) in [6, 6.07) is 11.7. The molecular formula is C20H23N5O. The number of carbonyl (C=O) groups is 1. The predicted molar refractivity (Wildman–Crippen MR) is 102 cm³/mol. The van der Waals surface area contributed by atoms with E-state index in [1.54, 1.807) is 6.20 Å². The minimum atomic E-state index is -0.0476. The van der Waals surface area contributed by atoms with Crippen LogP contribution in [0.25, 0.3) is 11.2 Å². The van der Waals surface area contributed by atoms with E-state index in [2.05, 4.69) is 21.8 Å². The van der Waals surface area contributed by atoms with Crippen LogP contribution in [0.3, 0.4) is 0 Å². The molecule has 1 aliphatic rings. The first-order valence-corrected chi connectivity index (χ1v) is 9.09. The Morgan fingerprint density at radius 1 is 1.27 bits per heavy atom. The molecule has 1 N–H and O–H groups in total. The van der Waals surface area contributed by atoms with Crippen molar-refractivity contribution in [3.8, 4) is 0 Å². The number of likely N-dealkylation sites (tertiary alicyclic amines) is 1. The van der Waals surface area contributed by atoms with Crippen molar-refractivity contribution in [2.24, 2.45) is 0 Å². The van der Waals surface area contributed by atoms with Gasteiger partial charge in [0, 0.05) is 37.4 Å². The fourth-order valence-corrected chi connectivity index (χ4v) is 3.59. The van der Waals surface area contributed by atoms with E-state index in [0.717, 1.165) is 42.2 Å². The molecule has 3 heterocycles. The van der Waals surface area contributed by atoms with Crippen molar-refractivity contribution in [1.29, 1.82) is 0 Å². The fourth-order valence-electron chi connectivity index (χ4n) is 3.59. The first kappa shape index (κ1) is 16.6. The molecule has 3 aromatic rings. The SMILES string of the molecule is CCn1c(C2CCN(C(=O)Nc3ccc(C)cc3)C2)nc2cccnc21. The molecule has 4 rings (SSSR count). The van der Waals surface area contributed by atoms with Gasteiger partial charge >= 0.3 is 6.03 Å². The third kappa shape index (κ3) is 3.03. The van der Waals surface area contributed by atoms with E-state index in [9.17, 15) is 4.79 Å². The molecule has 1 aliphatic heterocycles. The molecule has 6 nitrogen and oxygen atoms in total. The highest BCUT2D eigenvalue weighted by molar-refractivity contribution is 5.89. The van der Waals surface area contributed by atoms with Crippen LogP contribution in [-0.2, 0) is 6.54 Å². The number of nitrogens with one attached hydrogen (secondary N) is 1. The van der Waals surface area contributed by atoms with E-state index in [0.29, 0.717) is 6.54 Å². The Bertz CT molecular complexity index is 931. The Hall–Kier alpha value is -2.89. The van der Waals surface area contributed by atoms with Gasteiger partial charge in [-0.3, -0.25) is 0 Å². The van der Waals surface area contributed by atoms with Crippen LogP contribution >= 0.6 is 0 Å². The lowest BCUT2D eigenvalue weighted by Crippen LogP contribution is -2.33. The van der Waals surface area contributed by atoms with Gasteiger partial charge in [-0.1, -0.05) is 17.7 Å². The first-order chi connectivity index (χ1) is 12.7. The number of imidazole rings is 1.